The maximum atomic E-state index is 13.6. The van der Waals surface area contributed by atoms with E-state index in [1.165, 1.54) is 131 Å². The molecule has 6 nitrogen and oxygen atoms in total. The molecule has 20 rings (SSSR count). The lowest BCUT2D eigenvalue weighted by atomic mass is 9.50. The van der Waals surface area contributed by atoms with E-state index in [0.29, 0.717) is 42.9 Å². The second-order valence-electron chi connectivity index (χ2n) is 34.9. The highest BCUT2D eigenvalue weighted by Gasteiger charge is 2.56. The predicted molar refractivity (Wildman–Crippen MR) is 536 cm³/mol. The van der Waals surface area contributed by atoms with E-state index in [1.54, 1.807) is 36.4 Å². The summed E-state index contributed by atoms with van der Waals surface area (Å²) in [4.78, 5) is 41.3. The average molecular weight is 1920 g/mol. The van der Waals surface area contributed by atoms with Gasteiger partial charge in [-0.15, -0.1) is 0 Å². The van der Waals surface area contributed by atoms with Gasteiger partial charge in [0.25, 0.3) is 0 Å². The Morgan fingerprint density at radius 1 is 0.309 bits per heavy atom. The van der Waals surface area contributed by atoms with Gasteiger partial charge in [-0.2, -0.15) is 13.2 Å². The summed E-state index contributed by atoms with van der Waals surface area (Å²) in [7, 11) is -2.07. The molecule has 0 aromatic heterocycles. The van der Waals surface area contributed by atoms with Crippen LogP contribution in [0.5, 0.6) is 11.5 Å². The number of hydrogen-bond acceptors (Lipinski definition) is 6. The fraction of sp³-hybridized carbons (Fsp3) is 0.220. The molecule has 0 atom stereocenters. The Kier molecular flexibility index (Phi) is 33.8. The van der Waals surface area contributed by atoms with Crippen LogP contribution in [0.1, 0.15) is 111 Å². The molecule has 0 saturated heterocycles. The lowest BCUT2D eigenvalue weighted by Crippen LogP contribution is -2.57. The van der Waals surface area contributed by atoms with Crippen molar-refractivity contribution < 1.29 is 59.3 Å². The van der Waals surface area contributed by atoms with Crippen molar-refractivity contribution in [3.05, 3.63) is 439 Å². The fourth-order valence-corrected chi connectivity index (χ4v) is 30.0. The maximum absolute atomic E-state index is 13.6. The number of halogens is 7. The van der Waals surface area contributed by atoms with E-state index in [1.807, 2.05) is 100 Å². The molecule has 0 heterocycles. The Balaban J connectivity index is 0.000000132. The molecule has 0 aliphatic heterocycles. The van der Waals surface area contributed by atoms with Crippen molar-refractivity contribution in [1.29, 1.82) is 0 Å². The van der Waals surface area contributed by atoms with Gasteiger partial charge < -0.3 is 18.9 Å². The van der Waals surface area contributed by atoms with Crippen molar-refractivity contribution in [2.75, 3.05) is 13.2 Å². The van der Waals surface area contributed by atoms with Crippen LogP contribution in [-0.2, 0) is 79.7 Å². The van der Waals surface area contributed by atoms with E-state index < -0.39 is 56.8 Å². The van der Waals surface area contributed by atoms with Crippen LogP contribution in [0.2, 0.25) is 0 Å². The van der Waals surface area contributed by atoms with Crippen LogP contribution < -0.4 is 9.47 Å². The van der Waals surface area contributed by atoms with Gasteiger partial charge in [0.1, 0.15) is 48.0 Å². The molecule has 5 aliphatic rings. The summed E-state index contributed by atoms with van der Waals surface area (Å²) in [6, 6.07) is 121. The van der Waals surface area contributed by atoms with E-state index in [-0.39, 0.29) is 69.0 Å². The van der Waals surface area contributed by atoms with E-state index in [9.17, 15) is 40.3 Å². The van der Waals surface area contributed by atoms with Gasteiger partial charge in [-0.1, -0.05) is 202 Å². The number of esters is 2. The van der Waals surface area contributed by atoms with Crippen LogP contribution in [-0.4, -0.2) is 36.4 Å². The van der Waals surface area contributed by atoms with Crippen LogP contribution in [0.4, 0.5) is 30.7 Å². The van der Waals surface area contributed by atoms with E-state index in [4.69, 9.17) is 18.9 Å². The molecule has 18 heteroatoms. The first-order valence-electron chi connectivity index (χ1n) is 46.1. The summed E-state index contributed by atoms with van der Waals surface area (Å²) in [5.74, 6) is 0.717. The standard InChI is InChI=1S/C33H37O3S.C29H33O3S.C19H14F3S.C19H17S.C18H11F4S/c1-22-14-30(37(28-10-6-4-7-11-28)29-12-8-5-9-13-29)15-23(2)32(22)36-31(34)21-35-33(3)26-17-24-16-25(19-26)20-27(33)18-24;1-4-29(17-11-12-18-29)31-21-27(30)32-28-22(2)19-26(20-23(28)3)33(24-13-7-5-8-14-24)25-15-9-6-10-16-25;20-19(21,22)15-8-7-13-18(14-15)23(16-9-3-1-4-10-16)17-11-5-2-6-12-17;1-16-9-8-14-19(15-16)20(17-10-4-2-5-11-17)18-12-6-3-7-13-18;19-12-6-13(20)9-17(8-12)23(16-4-2-1-3-5-16)18-10-14(21)7-15(22)11-18/h4-15,24-27H,16-21H2,1-3H3;5-10,13-16,19-20H,4,11-12,17-18,21H2,1-3H3;1-14H;2-15H,1H3;1-11H/q5*+1. The highest BCUT2D eigenvalue weighted by molar-refractivity contribution is 7.98. The summed E-state index contributed by atoms with van der Waals surface area (Å²) in [5.41, 5.74) is 4.27. The minimum Gasteiger partial charge on any atom is -0.424 e. The first-order chi connectivity index (χ1) is 65.8. The lowest BCUT2D eigenvalue weighted by molar-refractivity contribution is -0.199. The van der Waals surface area contributed by atoms with Crippen molar-refractivity contribution >= 4 is 66.4 Å². The smallest absolute Gasteiger partial charge is 0.416 e. The zero-order chi connectivity index (χ0) is 95.3. The molecule has 0 amide bonds. The van der Waals surface area contributed by atoms with Gasteiger partial charge in [0.05, 0.1) is 71.2 Å². The minimum absolute atomic E-state index is 0.00682. The zero-order valence-electron chi connectivity index (χ0n) is 77.3. The van der Waals surface area contributed by atoms with Crippen molar-refractivity contribution in [3.8, 4) is 11.5 Å². The molecule has 5 saturated carbocycles. The SMILES string of the molecule is CCC1(OCC(=O)Oc2c(C)cc([S+](c3ccccc3)c3ccccc3)cc2C)CCCC1.Cc1cc([S+](c2ccccc2)c2ccccc2)cc(C)c1OC(=O)COC1(C)C2CC3CC(C2)CC1C3.Cc1cccc([S+](c2ccccc2)c2ccccc2)c1.FC(F)(F)c1cccc([S+](c2ccccc2)c2ccccc2)c1.Fc1cc(F)cc([S+](c2ccccc2)c2cc(F)cc(F)c2)c1. The van der Waals surface area contributed by atoms with E-state index in [0.717, 1.165) is 81.3 Å². The van der Waals surface area contributed by atoms with Crippen LogP contribution >= 0.6 is 0 Å². The highest BCUT2D eigenvalue weighted by atomic mass is 32.2. The van der Waals surface area contributed by atoms with Gasteiger partial charge in [0.2, 0.25) is 0 Å². The molecule has 0 spiro atoms. The minimum atomic E-state index is -4.33. The van der Waals surface area contributed by atoms with Crippen LogP contribution in [0.15, 0.2) is 456 Å². The second kappa shape index (κ2) is 46.5. The Labute approximate surface area is 810 Å². The van der Waals surface area contributed by atoms with Crippen molar-refractivity contribution in [1.82, 2.24) is 0 Å². The monoisotopic (exact) mass is 1920 g/mol. The summed E-state index contributed by atoms with van der Waals surface area (Å²) < 4.78 is 118. The first kappa shape index (κ1) is 98.9. The molecular weight excluding hydrogens is 1810 g/mol. The summed E-state index contributed by atoms with van der Waals surface area (Å²) in [5, 5.41) is 0. The van der Waals surface area contributed by atoms with Gasteiger partial charge in [-0.3, -0.25) is 0 Å². The van der Waals surface area contributed by atoms with Gasteiger partial charge in [-0.25, -0.2) is 27.2 Å². The third-order valence-corrected chi connectivity index (χ3v) is 36.2. The molecule has 0 unspecified atom stereocenters. The molecule has 694 valence electrons. The lowest BCUT2D eigenvalue weighted by Gasteiger charge is -2.59. The molecule has 4 bridgehead atoms. The maximum Gasteiger partial charge on any atom is 0.416 e. The van der Waals surface area contributed by atoms with Crippen LogP contribution in [0.25, 0.3) is 0 Å². The second-order valence-corrected chi connectivity index (χ2v) is 45.1. The molecule has 15 aromatic carbocycles. The number of rotatable bonds is 24. The molecule has 0 radical (unpaired) electrons. The third-order valence-electron chi connectivity index (χ3n) is 25.3. The van der Waals surface area contributed by atoms with Gasteiger partial charge >= 0.3 is 18.1 Å². The number of alkyl halides is 3. The Morgan fingerprint density at radius 2 is 0.566 bits per heavy atom. The topological polar surface area (TPSA) is 71.1 Å². The average Bonchev–Trinajstić information content (AvgIpc) is 0.849. The number of ether oxygens (including phenoxy) is 4. The van der Waals surface area contributed by atoms with E-state index >= 15 is 0 Å². The van der Waals surface area contributed by atoms with E-state index in [2.05, 4.69) is 239 Å². The first-order valence-corrected chi connectivity index (χ1v) is 52.2. The van der Waals surface area contributed by atoms with Gasteiger partial charge in [0.15, 0.2) is 73.4 Å². The number of hydrogen-bond donors (Lipinski definition) is 0. The van der Waals surface area contributed by atoms with Crippen molar-refractivity contribution in [2.45, 2.75) is 203 Å². The largest absolute Gasteiger partial charge is 0.424 e. The quantitative estimate of drug-likeness (QED) is 0.0260. The Hall–Kier alpha value is -11.6. The van der Waals surface area contributed by atoms with Gasteiger partial charge in [0, 0.05) is 66.7 Å². The number of carbonyl (C=O) groups excluding carboxylic acids is 2. The molecule has 5 fully saturated rings. The molecule has 5 aliphatic carbocycles. The normalized spacial score (nSPS) is 16.7. The third kappa shape index (κ3) is 25.4. The molecule has 15 aromatic rings. The predicted octanol–water partition coefficient (Wildman–Crippen LogP) is 30.8. The summed E-state index contributed by atoms with van der Waals surface area (Å²) >= 11 is 0. The van der Waals surface area contributed by atoms with Gasteiger partial charge in [-0.05, 0) is 278 Å². The summed E-state index contributed by atoms with van der Waals surface area (Å²) in [6.45, 7) is 14.7. The molecule has 136 heavy (non-hydrogen) atoms. The highest BCUT2D eigenvalue weighted by Crippen LogP contribution is 2.60. The molecule has 0 N–H and O–H groups in total. The Bertz CT molecular complexity index is 6100. The summed E-state index contributed by atoms with van der Waals surface area (Å²) in [6.07, 6.45) is 7.50. The van der Waals surface area contributed by atoms with Crippen molar-refractivity contribution in [2.24, 2.45) is 23.7 Å². The molecular formula is C118H112F7O6S5+5. The fourth-order valence-electron chi connectivity index (χ4n) is 19.0. The number of aryl methyl sites for hydroxylation is 5. The zero-order valence-corrected chi connectivity index (χ0v) is 81.4. The van der Waals surface area contributed by atoms with Crippen LogP contribution in [0.3, 0.4) is 0 Å². The van der Waals surface area contributed by atoms with Crippen molar-refractivity contribution in [3.63, 3.8) is 0 Å². The number of carbonyl (C=O) groups is 2. The Morgan fingerprint density at radius 3 is 0.853 bits per heavy atom. The van der Waals surface area contributed by atoms with Crippen LogP contribution in [0, 0.1) is 81.6 Å². The number of benzene rings is 15.